The number of nitrogens with one attached hydrogen (secondary N) is 2. The first-order chi connectivity index (χ1) is 9.95. The zero-order chi connectivity index (χ0) is 15.5. The Balaban J connectivity index is 2.14. The Hall–Kier alpha value is -1.35. The highest BCUT2D eigenvalue weighted by Gasteiger charge is 2.39. The second-order valence-electron chi connectivity index (χ2n) is 6.79. The first-order valence-electron chi connectivity index (χ1n) is 8.09. The first kappa shape index (κ1) is 16.0. The Labute approximate surface area is 128 Å². The van der Waals surface area contributed by atoms with E-state index in [0.717, 1.165) is 37.1 Å². The Kier molecular flexibility index (Phi) is 5.04. The van der Waals surface area contributed by atoms with Gasteiger partial charge in [-0.3, -0.25) is 4.79 Å². The molecule has 3 heteroatoms. The molecular formula is C18H28N2O. The number of amides is 1. The number of carbonyl (C=O) groups excluding carboxylic acids is 1. The number of carbonyl (C=O) groups is 1. The lowest BCUT2D eigenvalue weighted by Crippen LogP contribution is -2.31. The third-order valence-corrected chi connectivity index (χ3v) is 4.77. The molecule has 1 amide bonds. The number of hydrogen-bond donors (Lipinski definition) is 2. The number of rotatable bonds is 5. The van der Waals surface area contributed by atoms with Crippen molar-refractivity contribution in [2.75, 3.05) is 11.9 Å². The summed E-state index contributed by atoms with van der Waals surface area (Å²) in [6, 6.07) is 8.34. The second-order valence-corrected chi connectivity index (χ2v) is 6.79. The van der Waals surface area contributed by atoms with Gasteiger partial charge in [0.25, 0.3) is 0 Å². The van der Waals surface area contributed by atoms with Crippen LogP contribution in [0.1, 0.15) is 58.6 Å². The summed E-state index contributed by atoms with van der Waals surface area (Å²) < 4.78 is 0. The monoisotopic (exact) mass is 288 g/mol. The molecule has 2 N–H and O–H groups in total. The first-order valence-corrected chi connectivity index (χ1v) is 8.09. The molecule has 0 aromatic heterocycles. The average Bonchev–Trinajstić information content (AvgIpc) is 2.79. The van der Waals surface area contributed by atoms with Gasteiger partial charge in [-0.25, -0.2) is 0 Å². The molecule has 1 saturated carbocycles. The Morgan fingerprint density at radius 2 is 2.10 bits per heavy atom. The van der Waals surface area contributed by atoms with E-state index in [-0.39, 0.29) is 23.3 Å². The fraction of sp³-hybridized carbons (Fsp3) is 0.611. The predicted molar refractivity (Wildman–Crippen MR) is 88.3 cm³/mol. The minimum atomic E-state index is 0.117. The zero-order valence-electron chi connectivity index (χ0n) is 13.7. The minimum Gasteiger partial charge on any atom is -0.326 e. The molecule has 1 aromatic rings. The van der Waals surface area contributed by atoms with Crippen LogP contribution in [0, 0.1) is 11.3 Å². The highest BCUT2D eigenvalue weighted by atomic mass is 16.1. The lowest BCUT2D eigenvalue weighted by Gasteiger charge is -2.27. The number of benzene rings is 1. The van der Waals surface area contributed by atoms with E-state index in [2.05, 4.69) is 44.4 Å². The Morgan fingerprint density at radius 1 is 1.38 bits per heavy atom. The van der Waals surface area contributed by atoms with Crippen LogP contribution in [0.4, 0.5) is 5.69 Å². The molecule has 1 fully saturated rings. The quantitative estimate of drug-likeness (QED) is 0.855. The van der Waals surface area contributed by atoms with Crippen molar-refractivity contribution in [2.24, 2.45) is 11.3 Å². The maximum atomic E-state index is 12.6. The molecule has 116 valence electrons. The van der Waals surface area contributed by atoms with E-state index in [9.17, 15) is 4.79 Å². The van der Waals surface area contributed by atoms with Gasteiger partial charge in [0, 0.05) is 17.6 Å². The maximum absolute atomic E-state index is 12.6. The van der Waals surface area contributed by atoms with Crippen molar-refractivity contribution >= 4 is 11.6 Å². The summed E-state index contributed by atoms with van der Waals surface area (Å²) >= 11 is 0. The fourth-order valence-electron chi connectivity index (χ4n) is 3.44. The normalized spacial score (nSPS) is 22.0. The molecule has 1 aliphatic carbocycles. The molecule has 0 spiro atoms. The summed E-state index contributed by atoms with van der Waals surface area (Å²) in [4.78, 5) is 12.6. The topological polar surface area (TPSA) is 41.1 Å². The van der Waals surface area contributed by atoms with Gasteiger partial charge >= 0.3 is 0 Å². The van der Waals surface area contributed by atoms with Crippen LogP contribution in [0.5, 0.6) is 0 Å². The molecular weight excluding hydrogens is 260 g/mol. The summed E-state index contributed by atoms with van der Waals surface area (Å²) in [7, 11) is 0. The molecule has 0 radical (unpaired) electrons. The van der Waals surface area contributed by atoms with Gasteiger partial charge in [0.2, 0.25) is 5.91 Å². The molecule has 1 aliphatic rings. The largest absolute Gasteiger partial charge is 0.326 e. The van der Waals surface area contributed by atoms with Gasteiger partial charge in [0.05, 0.1) is 0 Å². The van der Waals surface area contributed by atoms with Crippen LogP contribution >= 0.6 is 0 Å². The van der Waals surface area contributed by atoms with Crippen molar-refractivity contribution < 1.29 is 4.79 Å². The lowest BCUT2D eigenvalue weighted by molar-refractivity contribution is -0.122. The van der Waals surface area contributed by atoms with Gasteiger partial charge in [0.15, 0.2) is 0 Å². The molecule has 2 unspecified atom stereocenters. The molecule has 0 heterocycles. The van der Waals surface area contributed by atoms with Crippen molar-refractivity contribution in [1.29, 1.82) is 0 Å². The van der Waals surface area contributed by atoms with Gasteiger partial charge < -0.3 is 10.6 Å². The highest BCUT2D eigenvalue weighted by molar-refractivity contribution is 5.94. The molecule has 0 aliphatic heterocycles. The summed E-state index contributed by atoms with van der Waals surface area (Å²) in [5.41, 5.74) is 2.22. The van der Waals surface area contributed by atoms with Crippen molar-refractivity contribution in [3.8, 4) is 0 Å². The van der Waals surface area contributed by atoms with Gasteiger partial charge in [0.1, 0.15) is 0 Å². The van der Waals surface area contributed by atoms with Crippen LogP contribution in [0.2, 0.25) is 0 Å². The molecule has 0 bridgehead atoms. The fourth-order valence-corrected chi connectivity index (χ4v) is 3.44. The van der Waals surface area contributed by atoms with Gasteiger partial charge in [-0.05, 0) is 43.4 Å². The van der Waals surface area contributed by atoms with E-state index in [0.29, 0.717) is 0 Å². The Morgan fingerprint density at radius 3 is 2.71 bits per heavy atom. The van der Waals surface area contributed by atoms with E-state index in [1.165, 1.54) is 0 Å². The van der Waals surface area contributed by atoms with Gasteiger partial charge in [-0.15, -0.1) is 0 Å². The van der Waals surface area contributed by atoms with Crippen LogP contribution < -0.4 is 10.6 Å². The smallest absolute Gasteiger partial charge is 0.228 e. The SMILES string of the molecule is CCNC(C)c1ccccc1NC(=O)C1CCCC1(C)C. The van der Waals surface area contributed by atoms with Crippen molar-refractivity contribution in [1.82, 2.24) is 5.32 Å². The molecule has 0 saturated heterocycles. The number of para-hydroxylation sites is 1. The minimum absolute atomic E-state index is 0.117. The third-order valence-electron chi connectivity index (χ3n) is 4.77. The molecule has 3 nitrogen and oxygen atoms in total. The molecule has 2 atom stereocenters. The predicted octanol–water partition coefficient (Wildman–Crippen LogP) is 4.12. The Bertz CT molecular complexity index is 496. The summed E-state index contributed by atoms with van der Waals surface area (Å²) in [5.74, 6) is 0.300. The van der Waals surface area contributed by atoms with E-state index >= 15 is 0 Å². The second kappa shape index (κ2) is 6.61. The number of hydrogen-bond acceptors (Lipinski definition) is 2. The van der Waals surface area contributed by atoms with Crippen molar-refractivity contribution in [3.63, 3.8) is 0 Å². The highest BCUT2D eigenvalue weighted by Crippen LogP contribution is 2.43. The number of anilines is 1. The van der Waals surface area contributed by atoms with Crippen LogP contribution in [-0.2, 0) is 4.79 Å². The lowest BCUT2D eigenvalue weighted by atomic mass is 9.81. The van der Waals surface area contributed by atoms with Crippen LogP contribution in [-0.4, -0.2) is 12.5 Å². The van der Waals surface area contributed by atoms with E-state index in [1.54, 1.807) is 0 Å². The van der Waals surface area contributed by atoms with Gasteiger partial charge in [-0.1, -0.05) is 45.4 Å². The molecule has 21 heavy (non-hydrogen) atoms. The van der Waals surface area contributed by atoms with E-state index in [4.69, 9.17) is 0 Å². The van der Waals surface area contributed by atoms with E-state index < -0.39 is 0 Å². The van der Waals surface area contributed by atoms with Crippen molar-refractivity contribution in [2.45, 2.75) is 53.0 Å². The summed E-state index contributed by atoms with van der Waals surface area (Å²) in [5, 5.41) is 6.58. The average molecular weight is 288 g/mol. The summed E-state index contributed by atoms with van der Waals surface area (Å²) in [6.45, 7) is 9.56. The van der Waals surface area contributed by atoms with E-state index in [1.807, 2.05) is 18.2 Å². The zero-order valence-corrected chi connectivity index (χ0v) is 13.7. The maximum Gasteiger partial charge on any atom is 0.228 e. The van der Waals surface area contributed by atoms with Crippen LogP contribution in [0.25, 0.3) is 0 Å². The van der Waals surface area contributed by atoms with Gasteiger partial charge in [-0.2, -0.15) is 0 Å². The van der Waals surface area contributed by atoms with Crippen molar-refractivity contribution in [3.05, 3.63) is 29.8 Å². The van der Waals surface area contributed by atoms with Crippen LogP contribution in [0.3, 0.4) is 0 Å². The third kappa shape index (κ3) is 3.65. The standard InChI is InChI=1S/C18H28N2O/c1-5-19-13(2)14-9-6-7-11-16(14)20-17(21)15-10-8-12-18(15,3)4/h6-7,9,11,13,15,19H,5,8,10,12H2,1-4H3,(H,20,21). The summed E-state index contributed by atoms with van der Waals surface area (Å²) in [6.07, 6.45) is 3.30. The molecule has 2 rings (SSSR count). The molecule has 1 aromatic carbocycles. The van der Waals surface area contributed by atoms with Crippen LogP contribution in [0.15, 0.2) is 24.3 Å².